The molecule has 4 rings (SSSR count). The van der Waals surface area contributed by atoms with Crippen molar-refractivity contribution in [2.75, 3.05) is 0 Å². The predicted molar refractivity (Wildman–Crippen MR) is 89.3 cm³/mol. The molecule has 25 heavy (non-hydrogen) atoms. The summed E-state index contributed by atoms with van der Waals surface area (Å²) >= 11 is 0. The molecular weight excluding hydrogens is 324 g/mol. The van der Waals surface area contributed by atoms with Crippen LogP contribution in [0.2, 0.25) is 0 Å². The van der Waals surface area contributed by atoms with Gasteiger partial charge in [-0.25, -0.2) is 17.5 Å². The van der Waals surface area contributed by atoms with Crippen LogP contribution in [0, 0.1) is 22.2 Å². The van der Waals surface area contributed by atoms with E-state index in [0.717, 1.165) is 38.5 Å². The van der Waals surface area contributed by atoms with Gasteiger partial charge in [0, 0.05) is 19.3 Å². The Kier molecular flexibility index (Phi) is 4.50. The molecule has 0 unspecified atom stereocenters. The van der Waals surface area contributed by atoms with Crippen LogP contribution in [-0.2, 0) is 14.4 Å². The van der Waals surface area contributed by atoms with E-state index in [1.807, 2.05) is 0 Å². The molecule has 140 valence electrons. The molecule has 4 aliphatic rings. The molecule has 9 nitrogen and oxygen atoms in total. The van der Waals surface area contributed by atoms with E-state index in [1.54, 1.807) is 0 Å². The maximum absolute atomic E-state index is 12.0. The highest BCUT2D eigenvalue weighted by Gasteiger charge is 2.63. The van der Waals surface area contributed by atoms with Gasteiger partial charge in [0.05, 0.1) is 0 Å². The number of hydrazine groups is 3. The van der Waals surface area contributed by atoms with E-state index in [2.05, 4.69) is 16.3 Å². The average molecular weight is 352 g/mol. The van der Waals surface area contributed by atoms with Crippen LogP contribution >= 0.6 is 0 Å². The minimum atomic E-state index is -0.216. The summed E-state index contributed by atoms with van der Waals surface area (Å²) in [4.78, 5) is 36.1. The SMILES string of the molecule is NNC(=O)CC12CC3CC(CC(=O)NN)(C1)CC(CC(=O)NN)(C3)C2. The molecule has 0 aromatic rings. The van der Waals surface area contributed by atoms with Gasteiger partial charge in [-0.15, -0.1) is 0 Å². The number of carbonyl (C=O) groups excluding carboxylic acids is 3. The zero-order valence-corrected chi connectivity index (χ0v) is 14.4. The molecule has 0 heterocycles. The molecule has 4 aliphatic carbocycles. The van der Waals surface area contributed by atoms with Gasteiger partial charge >= 0.3 is 0 Å². The lowest BCUT2D eigenvalue weighted by Crippen LogP contribution is -2.59. The molecule has 4 bridgehead atoms. The molecule has 0 saturated heterocycles. The third kappa shape index (κ3) is 3.36. The molecular formula is C16H28N6O3. The minimum absolute atomic E-state index is 0.196. The van der Waals surface area contributed by atoms with Crippen molar-refractivity contribution in [3.8, 4) is 0 Å². The van der Waals surface area contributed by atoms with E-state index >= 15 is 0 Å². The normalized spacial score (nSPS) is 38.3. The van der Waals surface area contributed by atoms with Gasteiger partial charge in [0.15, 0.2) is 0 Å². The van der Waals surface area contributed by atoms with E-state index in [9.17, 15) is 14.4 Å². The third-order valence-electron chi connectivity index (χ3n) is 6.50. The topological polar surface area (TPSA) is 165 Å². The van der Waals surface area contributed by atoms with Crippen molar-refractivity contribution in [1.29, 1.82) is 0 Å². The first-order valence-corrected chi connectivity index (χ1v) is 8.76. The van der Waals surface area contributed by atoms with Gasteiger partial charge in [-0.1, -0.05) is 0 Å². The minimum Gasteiger partial charge on any atom is -0.294 e. The molecule has 9 N–H and O–H groups in total. The smallest absolute Gasteiger partial charge is 0.234 e. The fraction of sp³-hybridized carbons (Fsp3) is 0.812. The zero-order valence-electron chi connectivity index (χ0n) is 14.4. The van der Waals surface area contributed by atoms with Crippen LogP contribution in [0.5, 0.6) is 0 Å². The molecule has 4 saturated carbocycles. The van der Waals surface area contributed by atoms with Gasteiger partial charge in [-0.2, -0.15) is 0 Å². The summed E-state index contributed by atoms with van der Waals surface area (Å²) in [6, 6.07) is 0. The van der Waals surface area contributed by atoms with Crippen molar-refractivity contribution >= 4 is 17.7 Å². The van der Waals surface area contributed by atoms with Gasteiger partial charge in [-0.3, -0.25) is 30.7 Å². The van der Waals surface area contributed by atoms with Crippen LogP contribution in [0.1, 0.15) is 57.8 Å². The molecule has 0 atom stereocenters. The number of nitrogens with two attached hydrogens (primary N) is 3. The second kappa shape index (κ2) is 6.22. The van der Waals surface area contributed by atoms with Gasteiger partial charge < -0.3 is 0 Å². The molecule has 3 amide bonds. The predicted octanol–water partition coefficient (Wildman–Crippen LogP) is -0.917. The zero-order chi connectivity index (χ0) is 18.3. The molecule has 9 heteroatoms. The molecule has 0 aromatic heterocycles. The summed E-state index contributed by atoms with van der Waals surface area (Å²) in [5.41, 5.74) is 6.05. The number of rotatable bonds is 6. The number of amides is 3. The summed E-state index contributed by atoms with van der Waals surface area (Å²) in [5, 5.41) is 0. The Labute approximate surface area is 146 Å². The van der Waals surface area contributed by atoms with E-state index in [1.165, 1.54) is 0 Å². The van der Waals surface area contributed by atoms with Crippen molar-refractivity contribution in [3.63, 3.8) is 0 Å². The lowest BCUT2D eigenvalue weighted by Gasteiger charge is -2.66. The first-order valence-electron chi connectivity index (χ1n) is 8.76. The fourth-order valence-electron chi connectivity index (χ4n) is 6.83. The molecule has 0 aromatic carbocycles. The number of carbonyl (C=O) groups is 3. The van der Waals surface area contributed by atoms with Gasteiger partial charge in [0.1, 0.15) is 0 Å². The van der Waals surface area contributed by atoms with Crippen molar-refractivity contribution in [2.24, 2.45) is 39.7 Å². The van der Waals surface area contributed by atoms with Crippen molar-refractivity contribution in [3.05, 3.63) is 0 Å². The second-order valence-electron chi connectivity index (χ2n) is 8.74. The van der Waals surface area contributed by atoms with Crippen molar-refractivity contribution in [1.82, 2.24) is 16.3 Å². The van der Waals surface area contributed by atoms with Crippen molar-refractivity contribution < 1.29 is 14.4 Å². The Bertz CT molecular complexity index is 506. The van der Waals surface area contributed by atoms with Gasteiger partial charge in [0.25, 0.3) is 0 Å². The monoisotopic (exact) mass is 352 g/mol. The standard InChI is InChI=1S/C16H28N6O3/c17-20-11(23)4-14-1-10-2-15(7-14,5-12(24)21-18)9-16(3-10,8-14)6-13(25)22-19/h10H,1-9,17-19H2,(H,20,23)(H,21,24)(H,22,25). The number of hydrogen-bond acceptors (Lipinski definition) is 6. The van der Waals surface area contributed by atoms with E-state index in [-0.39, 0.29) is 34.0 Å². The molecule has 4 fully saturated rings. The average Bonchev–Trinajstić information content (AvgIpc) is 2.51. The number of nitrogens with one attached hydrogen (secondary N) is 3. The van der Waals surface area contributed by atoms with E-state index < -0.39 is 0 Å². The van der Waals surface area contributed by atoms with Crippen LogP contribution < -0.4 is 33.8 Å². The quantitative estimate of drug-likeness (QED) is 0.205. The Hall–Kier alpha value is -1.71. The summed E-state index contributed by atoms with van der Waals surface area (Å²) in [6.45, 7) is 0. The van der Waals surface area contributed by atoms with Gasteiger partial charge in [-0.05, 0) is 60.7 Å². The largest absolute Gasteiger partial charge is 0.294 e. The Morgan fingerprint density at radius 3 is 1.20 bits per heavy atom. The molecule has 0 aliphatic heterocycles. The Balaban J connectivity index is 1.93. The second-order valence-corrected chi connectivity index (χ2v) is 8.74. The first kappa shape index (κ1) is 18.1. The maximum atomic E-state index is 12.0. The molecule has 0 spiro atoms. The Morgan fingerprint density at radius 1 is 0.680 bits per heavy atom. The summed E-state index contributed by atoms with van der Waals surface area (Å²) < 4.78 is 0. The lowest BCUT2D eigenvalue weighted by molar-refractivity contribution is -0.175. The van der Waals surface area contributed by atoms with E-state index in [4.69, 9.17) is 17.5 Å². The third-order valence-corrected chi connectivity index (χ3v) is 6.50. The van der Waals surface area contributed by atoms with Crippen LogP contribution in [0.4, 0.5) is 0 Å². The lowest BCUT2D eigenvalue weighted by atomic mass is 9.38. The van der Waals surface area contributed by atoms with Crippen LogP contribution in [0.15, 0.2) is 0 Å². The summed E-state index contributed by atoms with van der Waals surface area (Å²) in [6.07, 6.45) is 6.21. The highest BCUT2D eigenvalue weighted by molar-refractivity contribution is 5.78. The molecule has 0 radical (unpaired) electrons. The maximum Gasteiger partial charge on any atom is 0.234 e. The van der Waals surface area contributed by atoms with E-state index in [0.29, 0.717) is 25.2 Å². The van der Waals surface area contributed by atoms with Crippen LogP contribution in [0.25, 0.3) is 0 Å². The Morgan fingerprint density at radius 2 is 0.960 bits per heavy atom. The van der Waals surface area contributed by atoms with Crippen LogP contribution in [-0.4, -0.2) is 17.7 Å². The summed E-state index contributed by atoms with van der Waals surface area (Å²) in [5.74, 6) is 15.7. The number of hydrogen-bond donors (Lipinski definition) is 6. The van der Waals surface area contributed by atoms with Crippen molar-refractivity contribution in [2.45, 2.75) is 57.8 Å². The van der Waals surface area contributed by atoms with Gasteiger partial charge in [0.2, 0.25) is 17.7 Å². The highest BCUT2D eigenvalue weighted by atomic mass is 16.2. The van der Waals surface area contributed by atoms with Crippen LogP contribution in [0.3, 0.4) is 0 Å². The summed E-state index contributed by atoms with van der Waals surface area (Å²) in [7, 11) is 0. The highest BCUT2D eigenvalue weighted by Crippen LogP contribution is 2.72. The fourth-order valence-corrected chi connectivity index (χ4v) is 6.83. The first-order chi connectivity index (χ1) is 11.8.